The van der Waals surface area contributed by atoms with E-state index in [0.717, 1.165) is 5.56 Å². The standard InChI is InChI=1S/C22H26N2O5S/c1-15-5-4-6-19(13-15)23-30(27,28)20-14-18(8-7-16(20)2)21(25)24-11-9-17(10-12-24)22(26)29-3/h4-8,13-14,17,23H,9-12H2,1-3H3. The van der Waals surface area contributed by atoms with Crippen molar-refractivity contribution >= 4 is 27.6 Å². The number of rotatable bonds is 5. The molecule has 0 atom stereocenters. The molecule has 0 radical (unpaired) electrons. The minimum atomic E-state index is -3.85. The zero-order chi connectivity index (χ0) is 21.9. The molecule has 8 heteroatoms. The van der Waals surface area contributed by atoms with Crippen LogP contribution < -0.4 is 4.72 Å². The zero-order valence-electron chi connectivity index (χ0n) is 17.3. The third-order valence-corrected chi connectivity index (χ3v) is 6.83. The number of carbonyl (C=O) groups is 2. The number of nitrogens with zero attached hydrogens (tertiary/aromatic N) is 1. The van der Waals surface area contributed by atoms with Gasteiger partial charge in [-0.3, -0.25) is 14.3 Å². The predicted molar refractivity (Wildman–Crippen MR) is 114 cm³/mol. The third-order valence-electron chi connectivity index (χ3n) is 5.31. The average Bonchev–Trinajstić information content (AvgIpc) is 2.72. The van der Waals surface area contributed by atoms with E-state index < -0.39 is 10.0 Å². The molecule has 1 aliphatic rings. The van der Waals surface area contributed by atoms with Crippen LogP contribution >= 0.6 is 0 Å². The van der Waals surface area contributed by atoms with E-state index in [1.165, 1.54) is 13.2 Å². The first-order valence-electron chi connectivity index (χ1n) is 9.78. The predicted octanol–water partition coefficient (Wildman–Crippen LogP) is 3.13. The first-order valence-corrected chi connectivity index (χ1v) is 11.3. The number of anilines is 1. The number of hydrogen-bond donors (Lipinski definition) is 1. The van der Waals surface area contributed by atoms with Gasteiger partial charge in [-0.1, -0.05) is 18.2 Å². The number of sulfonamides is 1. The van der Waals surface area contributed by atoms with Crippen LogP contribution in [0, 0.1) is 19.8 Å². The molecule has 30 heavy (non-hydrogen) atoms. The molecule has 0 aromatic heterocycles. The molecule has 7 nitrogen and oxygen atoms in total. The van der Waals surface area contributed by atoms with E-state index in [0.29, 0.717) is 42.7 Å². The Bertz CT molecular complexity index is 1060. The number of ether oxygens (including phenoxy) is 1. The van der Waals surface area contributed by atoms with Crippen LogP contribution in [-0.2, 0) is 19.6 Å². The second-order valence-electron chi connectivity index (χ2n) is 7.54. The molecule has 0 bridgehead atoms. The van der Waals surface area contributed by atoms with Gasteiger partial charge in [0.2, 0.25) is 0 Å². The van der Waals surface area contributed by atoms with E-state index in [2.05, 4.69) is 4.72 Å². The maximum atomic E-state index is 12.9. The van der Waals surface area contributed by atoms with Crippen molar-refractivity contribution in [3.63, 3.8) is 0 Å². The minimum Gasteiger partial charge on any atom is -0.469 e. The van der Waals surface area contributed by atoms with Crippen molar-refractivity contribution in [1.29, 1.82) is 0 Å². The highest BCUT2D eigenvalue weighted by molar-refractivity contribution is 7.92. The normalized spacial score (nSPS) is 15.0. The number of likely N-dealkylation sites (tertiary alicyclic amines) is 1. The molecular formula is C22H26N2O5S. The second kappa shape index (κ2) is 8.87. The van der Waals surface area contributed by atoms with Gasteiger partial charge < -0.3 is 9.64 Å². The summed E-state index contributed by atoms with van der Waals surface area (Å²) in [6.07, 6.45) is 1.06. The minimum absolute atomic E-state index is 0.0688. The third kappa shape index (κ3) is 4.81. The molecule has 1 heterocycles. The number of amides is 1. The number of esters is 1. The lowest BCUT2D eigenvalue weighted by Crippen LogP contribution is -2.40. The Hall–Kier alpha value is -2.87. The van der Waals surface area contributed by atoms with Gasteiger partial charge >= 0.3 is 5.97 Å². The Labute approximate surface area is 177 Å². The van der Waals surface area contributed by atoms with Crippen molar-refractivity contribution < 1.29 is 22.7 Å². The summed E-state index contributed by atoms with van der Waals surface area (Å²) >= 11 is 0. The summed E-state index contributed by atoms with van der Waals surface area (Å²) in [5, 5.41) is 0. The SMILES string of the molecule is COC(=O)C1CCN(C(=O)c2ccc(C)c(S(=O)(=O)Nc3cccc(C)c3)c2)CC1. The molecule has 3 rings (SSSR count). The van der Waals surface area contributed by atoms with Crippen LogP contribution in [0.15, 0.2) is 47.4 Å². The van der Waals surface area contributed by atoms with Crippen molar-refractivity contribution in [3.8, 4) is 0 Å². The van der Waals surface area contributed by atoms with Crippen molar-refractivity contribution in [2.75, 3.05) is 24.9 Å². The van der Waals surface area contributed by atoms with Gasteiger partial charge in [-0.2, -0.15) is 0 Å². The lowest BCUT2D eigenvalue weighted by atomic mass is 9.96. The number of hydrogen-bond acceptors (Lipinski definition) is 5. The smallest absolute Gasteiger partial charge is 0.308 e. The molecule has 1 saturated heterocycles. The van der Waals surface area contributed by atoms with Crippen LogP contribution in [0.5, 0.6) is 0 Å². The Kier molecular flexibility index (Phi) is 6.45. The molecule has 2 aromatic carbocycles. The van der Waals surface area contributed by atoms with Gasteiger partial charge in [0.1, 0.15) is 0 Å². The number of methoxy groups -OCH3 is 1. The molecule has 1 N–H and O–H groups in total. The first-order chi connectivity index (χ1) is 14.2. The van der Waals surface area contributed by atoms with E-state index in [9.17, 15) is 18.0 Å². The van der Waals surface area contributed by atoms with Gasteiger partial charge in [-0.05, 0) is 62.1 Å². The molecular weight excluding hydrogens is 404 g/mol. The van der Waals surface area contributed by atoms with Gasteiger partial charge in [-0.15, -0.1) is 0 Å². The van der Waals surface area contributed by atoms with Crippen LogP contribution in [-0.4, -0.2) is 45.4 Å². The molecule has 0 spiro atoms. The Morgan fingerprint density at radius 3 is 2.40 bits per heavy atom. The highest BCUT2D eigenvalue weighted by Gasteiger charge is 2.29. The highest BCUT2D eigenvalue weighted by Crippen LogP contribution is 2.24. The van der Waals surface area contributed by atoms with Crippen molar-refractivity contribution in [2.45, 2.75) is 31.6 Å². The van der Waals surface area contributed by atoms with Crippen LogP contribution in [0.25, 0.3) is 0 Å². The number of carbonyl (C=O) groups excluding carboxylic acids is 2. The fourth-order valence-corrected chi connectivity index (χ4v) is 4.93. The summed E-state index contributed by atoms with van der Waals surface area (Å²) in [4.78, 5) is 26.3. The Morgan fingerprint density at radius 1 is 1.07 bits per heavy atom. The van der Waals surface area contributed by atoms with Gasteiger partial charge in [-0.25, -0.2) is 8.42 Å². The fraction of sp³-hybridized carbons (Fsp3) is 0.364. The fourth-order valence-electron chi connectivity index (χ4n) is 3.61. The van der Waals surface area contributed by atoms with E-state index in [1.54, 1.807) is 42.2 Å². The molecule has 2 aromatic rings. The summed E-state index contributed by atoms with van der Waals surface area (Å²) in [6, 6.07) is 11.8. The monoisotopic (exact) mass is 430 g/mol. The van der Waals surface area contributed by atoms with Crippen molar-refractivity contribution in [3.05, 3.63) is 59.2 Å². The maximum Gasteiger partial charge on any atom is 0.308 e. The largest absolute Gasteiger partial charge is 0.469 e. The lowest BCUT2D eigenvalue weighted by Gasteiger charge is -2.30. The summed E-state index contributed by atoms with van der Waals surface area (Å²) < 4.78 is 33.3. The van der Waals surface area contributed by atoms with E-state index in [4.69, 9.17) is 4.74 Å². The van der Waals surface area contributed by atoms with Crippen LogP contribution in [0.3, 0.4) is 0 Å². The topological polar surface area (TPSA) is 92.8 Å². The van der Waals surface area contributed by atoms with Gasteiger partial charge in [0.15, 0.2) is 0 Å². The van der Waals surface area contributed by atoms with Gasteiger partial charge in [0.25, 0.3) is 15.9 Å². The molecule has 0 unspecified atom stereocenters. The molecule has 1 amide bonds. The van der Waals surface area contributed by atoms with E-state index in [1.807, 2.05) is 13.0 Å². The second-order valence-corrected chi connectivity index (χ2v) is 9.20. The number of benzene rings is 2. The molecule has 160 valence electrons. The van der Waals surface area contributed by atoms with E-state index >= 15 is 0 Å². The Balaban J connectivity index is 1.79. The van der Waals surface area contributed by atoms with E-state index in [-0.39, 0.29) is 22.7 Å². The summed E-state index contributed by atoms with van der Waals surface area (Å²) in [7, 11) is -2.49. The van der Waals surface area contributed by atoms with Gasteiger partial charge in [0, 0.05) is 24.3 Å². The zero-order valence-corrected chi connectivity index (χ0v) is 18.2. The quantitative estimate of drug-likeness (QED) is 0.736. The number of piperidine rings is 1. The van der Waals surface area contributed by atoms with Crippen LogP contribution in [0.1, 0.15) is 34.3 Å². The Morgan fingerprint density at radius 2 is 1.77 bits per heavy atom. The van der Waals surface area contributed by atoms with Crippen molar-refractivity contribution in [2.24, 2.45) is 5.92 Å². The number of aryl methyl sites for hydroxylation is 2. The van der Waals surface area contributed by atoms with Crippen LogP contribution in [0.2, 0.25) is 0 Å². The summed E-state index contributed by atoms with van der Waals surface area (Å²) in [5.74, 6) is -0.704. The average molecular weight is 431 g/mol. The summed E-state index contributed by atoms with van der Waals surface area (Å²) in [5.41, 5.74) is 2.26. The highest BCUT2D eigenvalue weighted by atomic mass is 32.2. The summed E-state index contributed by atoms with van der Waals surface area (Å²) in [6.45, 7) is 4.43. The van der Waals surface area contributed by atoms with Crippen molar-refractivity contribution in [1.82, 2.24) is 4.90 Å². The van der Waals surface area contributed by atoms with Crippen LogP contribution in [0.4, 0.5) is 5.69 Å². The first kappa shape index (κ1) is 21.8. The lowest BCUT2D eigenvalue weighted by molar-refractivity contribution is -0.146. The van der Waals surface area contributed by atoms with Gasteiger partial charge in [0.05, 0.1) is 17.9 Å². The molecule has 0 aliphatic carbocycles. The number of nitrogens with one attached hydrogen (secondary N) is 1. The maximum absolute atomic E-state index is 12.9. The molecule has 1 fully saturated rings. The molecule has 0 saturated carbocycles. The molecule has 1 aliphatic heterocycles.